The Morgan fingerprint density at radius 1 is 1.10 bits per heavy atom. The third-order valence-corrected chi connectivity index (χ3v) is 3.88. The lowest BCUT2D eigenvalue weighted by Gasteiger charge is -2.01. The van der Waals surface area contributed by atoms with Crippen molar-refractivity contribution in [2.45, 2.75) is 6.61 Å². The van der Waals surface area contributed by atoms with Gasteiger partial charge in [-0.2, -0.15) is 0 Å². The number of hydrogen-bond donors (Lipinski definition) is 2. The Morgan fingerprint density at radius 3 is 2.52 bits per heavy atom. The summed E-state index contributed by atoms with van der Waals surface area (Å²) < 4.78 is 29.4. The van der Waals surface area contributed by atoms with E-state index in [4.69, 9.17) is 13.9 Å². The number of rotatable bonds is 7. The molecule has 29 heavy (non-hydrogen) atoms. The second-order valence-electron chi connectivity index (χ2n) is 6.06. The molecule has 0 atom stereocenters. The second kappa shape index (κ2) is 9.03. The van der Waals surface area contributed by atoms with Crippen LogP contribution >= 0.6 is 0 Å². The molecule has 7 nitrogen and oxygen atoms in total. The summed E-state index contributed by atoms with van der Waals surface area (Å²) in [5.41, 5.74) is -0.699. The van der Waals surface area contributed by atoms with Crippen LogP contribution in [0.5, 0.6) is 5.75 Å². The highest BCUT2D eigenvalue weighted by molar-refractivity contribution is 5.51. The lowest BCUT2D eigenvalue weighted by atomic mass is 10.2. The molecular weight excluding hydrogens is 379 g/mol. The highest BCUT2D eigenvalue weighted by Crippen LogP contribution is 2.16. The molecule has 0 bridgehead atoms. The predicted octanol–water partition coefficient (Wildman–Crippen LogP) is 1.16. The molecule has 2 aromatic heterocycles. The zero-order valence-corrected chi connectivity index (χ0v) is 15.7. The number of hydrogen-bond acceptors (Lipinski definition) is 5. The molecule has 0 saturated heterocycles. The summed E-state index contributed by atoms with van der Waals surface area (Å²) >= 11 is 0. The van der Waals surface area contributed by atoms with Gasteiger partial charge in [0.2, 0.25) is 0 Å². The summed E-state index contributed by atoms with van der Waals surface area (Å²) in [4.78, 5) is 29.7. The average molecular weight is 398 g/mol. The van der Waals surface area contributed by atoms with E-state index in [2.05, 4.69) is 16.5 Å². The van der Waals surface area contributed by atoms with Crippen molar-refractivity contribution in [1.82, 2.24) is 9.97 Å². The minimum absolute atomic E-state index is 0.0160. The minimum Gasteiger partial charge on any atom is -0.497 e. The molecule has 0 saturated carbocycles. The van der Waals surface area contributed by atoms with Crippen LogP contribution in [0.3, 0.4) is 0 Å². The lowest BCUT2D eigenvalue weighted by Crippen LogP contribution is -2.46. The fourth-order valence-electron chi connectivity index (χ4n) is 2.58. The molecule has 0 aliphatic heterocycles. The van der Waals surface area contributed by atoms with Gasteiger partial charge in [-0.25, -0.2) is 4.39 Å². The van der Waals surface area contributed by atoms with Crippen molar-refractivity contribution in [2.75, 3.05) is 13.7 Å². The van der Waals surface area contributed by atoms with Gasteiger partial charge in [0.05, 0.1) is 13.7 Å². The van der Waals surface area contributed by atoms with E-state index in [-0.39, 0.29) is 17.3 Å². The van der Waals surface area contributed by atoms with E-state index in [1.54, 1.807) is 24.3 Å². The highest BCUT2D eigenvalue weighted by Gasteiger charge is 2.03. The van der Waals surface area contributed by atoms with Gasteiger partial charge >= 0.3 is 0 Å². The van der Waals surface area contributed by atoms with Gasteiger partial charge in [0.15, 0.2) is 0 Å². The lowest BCUT2D eigenvalue weighted by molar-refractivity contribution is 0.131. The van der Waals surface area contributed by atoms with Crippen LogP contribution in [-0.4, -0.2) is 23.7 Å². The molecule has 0 spiro atoms. The number of halogens is 1. The van der Waals surface area contributed by atoms with E-state index in [0.29, 0.717) is 29.4 Å². The quantitative estimate of drug-likeness (QED) is 0.460. The minimum atomic E-state index is -0.542. The number of nitrogens with one attached hydrogen (secondary N) is 2. The summed E-state index contributed by atoms with van der Waals surface area (Å²) in [6, 6.07) is 7.34. The van der Waals surface area contributed by atoms with Gasteiger partial charge in [-0.05, 0) is 35.9 Å². The zero-order chi connectivity index (χ0) is 20.8. The summed E-state index contributed by atoms with van der Waals surface area (Å²) in [7, 11) is 1.41. The molecule has 3 rings (SSSR count). The van der Waals surface area contributed by atoms with Crippen LogP contribution < -0.4 is 26.6 Å². The van der Waals surface area contributed by atoms with Gasteiger partial charge in [-0.3, -0.25) is 9.59 Å². The third-order valence-electron chi connectivity index (χ3n) is 3.88. The number of aromatic amines is 2. The van der Waals surface area contributed by atoms with Crippen molar-refractivity contribution in [3.63, 3.8) is 0 Å². The molecule has 1 aromatic carbocycles. The molecule has 0 fully saturated rings. The molecule has 0 aliphatic rings. The topological polar surface area (TPSA) is 97.3 Å². The van der Waals surface area contributed by atoms with E-state index in [1.807, 2.05) is 0 Å². The van der Waals surface area contributed by atoms with Crippen molar-refractivity contribution in [2.24, 2.45) is 0 Å². The van der Waals surface area contributed by atoms with Crippen molar-refractivity contribution in [3.05, 3.63) is 97.3 Å². The fraction of sp³-hybridized carbons (Fsp3) is 0.143. The molecule has 0 amide bonds. The first-order valence-electron chi connectivity index (χ1n) is 8.66. The highest BCUT2D eigenvalue weighted by atomic mass is 19.1. The van der Waals surface area contributed by atoms with E-state index in [9.17, 15) is 14.0 Å². The normalized spacial score (nSPS) is 12.3. The van der Waals surface area contributed by atoms with Gasteiger partial charge in [-0.1, -0.05) is 6.08 Å². The number of furan rings is 1. The molecule has 150 valence electrons. The monoisotopic (exact) mass is 398 g/mol. The Bertz CT molecular complexity index is 1250. The van der Waals surface area contributed by atoms with E-state index >= 15 is 0 Å². The van der Waals surface area contributed by atoms with Gasteiger partial charge in [0.1, 0.15) is 40.4 Å². The SMILES string of the molecule is C=CCOCc1ccc(/C=c2\[nH]c(=O)/c(=C/c3cc(F)cc(OC)c3)[nH]c2=O)o1. The van der Waals surface area contributed by atoms with Crippen LogP contribution in [0.1, 0.15) is 17.1 Å². The van der Waals surface area contributed by atoms with Gasteiger partial charge in [0, 0.05) is 12.1 Å². The molecule has 0 radical (unpaired) electrons. The van der Waals surface area contributed by atoms with E-state index in [1.165, 1.54) is 31.4 Å². The Labute approximate surface area is 164 Å². The summed E-state index contributed by atoms with van der Waals surface area (Å²) in [5.74, 6) is 0.729. The number of H-pyrrole nitrogens is 2. The first-order valence-corrected chi connectivity index (χ1v) is 8.66. The molecular formula is C21H19FN2O5. The Kier molecular flexibility index (Phi) is 6.25. The van der Waals surface area contributed by atoms with Gasteiger partial charge in [0.25, 0.3) is 11.1 Å². The van der Waals surface area contributed by atoms with Crippen LogP contribution in [0.4, 0.5) is 4.39 Å². The molecule has 8 heteroatoms. The molecule has 3 aromatic rings. The smallest absolute Gasteiger partial charge is 0.272 e. The summed E-state index contributed by atoms with van der Waals surface area (Å²) in [5, 5.41) is 0.00893. The van der Waals surface area contributed by atoms with Gasteiger partial charge in [-0.15, -0.1) is 6.58 Å². The van der Waals surface area contributed by atoms with Crippen LogP contribution in [0, 0.1) is 5.82 Å². The van der Waals surface area contributed by atoms with Crippen molar-refractivity contribution in [1.29, 1.82) is 0 Å². The number of ether oxygens (including phenoxy) is 2. The summed E-state index contributed by atoms with van der Waals surface area (Å²) in [6.45, 7) is 4.21. The Morgan fingerprint density at radius 2 is 1.83 bits per heavy atom. The number of benzene rings is 1. The van der Waals surface area contributed by atoms with Gasteiger partial charge < -0.3 is 23.9 Å². The number of aromatic nitrogens is 2. The van der Waals surface area contributed by atoms with Crippen molar-refractivity contribution in [3.8, 4) is 5.75 Å². The summed E-state index contributed by atoms with van der Waals surface area (Å²) in [6.07, 6.45) is 4.39. The fourth-order valence-corrected chi connectivity index (χ4v) is 2.58. The predicted molar refractivity (Wildman–Crippen MR) is 106 cm³/mol. The largest absolute Gasteiger partial charge is 0.497 e. The Hall–Kier alpha value is -3.65. The standard InChI is InChI=1S/C21H19FN2O5/c1-3-6-28-12-16-5-4-15(29-16)11-19-21(26)23-18(20(25)24-19)9-13-7-14(22)10-17(8-13)27-2/h3-5,7-11H,1,6,12H2,2H3,(H,23,26)(H,24,25)/b18-9-,19-11-. The van der Waals surface area contributed by atoms with E-state index < -0.39 is 16.9 Å². The van der Waals surface area contributed by atoms with Crippen LogP contribution in [0.15, 0.2) is 57.0 Å². The van der Waals surface area contributed by atoms with E-state index in [0.717, 1.165) is 0 Å². The molecule has 2 N–H and O–H groups in total. The average Bonchev–Trinajstić information content (AvgIpc) is 3.13. The van der Waals surface area contributed by atoms with Crippen LogP contribution in [0.25, 0.3) is 12.2 Å². The molecule has 0 aliphatic carbocycles. The zero-order valence-electron chi connectivity index (χ0n) is 15.7. The maximum Gasteiger partial charge on any atom is 0.272 e. The maximum atomic E-state index is 13.6. The van der Waals surface area contributed by atoms with Crippen LogP contribution in [-0.2, 0) is 11.3 Å². The number of methoxy groups -OCH3 is 1. The second-order valence-corrected chi connectivity index (χ2v) is 6.06. The molecule has 0 unspecified atom stereocenters. The first-order chi connectivity index (χ1) is 14.0. The van der Waals surface area contributed by atoms with Crippen LogP contribution in [0.2, 0.25) is 0 Å². The third kappa shape index (κ3) is 5.20. The molecule has 2 heterocycles. The van der Waals surface area contributed by atoms with Crippen molar-refractivity contribution < 1.29 is 18.3 Å². The first kappa shape index (κ1) is 20.1. The maximum absolute atomic E-state index is 13.6. The Balaban J connectivity index is 1.95. The van der Waals surface area contributed by atoms with Crippen molar-refractivity contribution >= 4 is 12.2 Å².